The monoisotopic (exact) mass is 294 g/mol. The summed E-state index contributed by atoms with van der Waals surface area (Å²) in [5.74, 6) is -0.412. The highest BCUT2D eigenvalue weighted by Crippen LogP contribution is 2.26. The zero-order valence-electron chi connectivity index (χ0n) is 10.6. The Kier molecular flexibility index (Phi) is 3.98. The maximum atomic E-state index is 12.2. The highest BCUT2D eigenvalue weighted by Gasteiger charge is 2.31. The van der Waals surface area contributed by atoms with Crippen molar-refractivity contribution in [1.82, 2.24) is 4.98 Å². The maximum absolute atomic E-state index is 12.2. The minimum atomic E-state index is -4.80. The number of benzene rings is 1. The van der Waals surface area contributed by atoms with Crippen LogP contribution in [0.1, 0.15) is 5.56 Å². The van der Waals surface area contributed by atoms with Gasteiger partial charge in [0.25, 0.3) is 5.56 Å². The minimum absolute atomic E-state index is 0.0858. The third-order valence-electron chi connectivity index (χ3n) is 2.62. The van der Waals surface area contributed by atoms with Crippen LogP contribution in [0.4, 0.5) is 13.2 Å². The summed E-state index contributed by atoms with van der Waals surface area (Å²) in [5, 5.41) is 8.64. The van der Waals surface area contributed by atoms with E-state index in [1.54, 1.807) is 0 Å². The normalized spacial score (nSPS) is 11.0. The van der Waals surface area contributed by atoms with Crippen molar-refractivity contribution in [3.63, 3.8) is 0 Å². The molecule has 0 amide bonds. The van der Waals surface area contributed by atoms with Crippen LogP contribution in [-0.2, 0) is 6.42 Å². The molecule has 0 aliphatic carbocycles. The second kappa shape index (κ2) is 5.71. The van der Waals surface area contributed by atoms with Crippen LogP contribution in [0, 0.1) is 11.3 Å². The van der Waals surface area contributed by atoms with Crippen molar-refractivity contribution in [2.24, 2.45) is 0 Å². The van der Waals surface area contributed by atoms with Gasteiger partial charge in [-0.25, -0.2) is 0 Å². The third kappa shape index (κ3) is 3.86. The molecule has 1 aromatic heterocycles. The Labute approximate surface area is 117 Å². The first-order valence-electron chi connectivity index (χ1n) is 5.84. The zero-order chi connectivity index (χ0) is 15.5. The van der Waals surface area contributed by atoms with Crippen LogP contribution >= 0.6 is 0 Å². The molecule has 2 aromatic rings. The number of halogens is 3. The van der Waals surface area contributed by atoms with Crippen molar-refractivity contribution in [2.45, 2.75) is 12.8 Å². The largest absolute Gasteiger partial charge is 0.573 e. The SMILES string of the molecule is N#CCc1c[nH]c(=O)c(-c2cccc(OC(F)(F)F)c2)c1. The van der Waals surface area contributed by atoms with E-state index in [0.717, 1.165) is 12.1 Å². The Morgan fingerprint density at radius 3 is 2.71 bits per heavy atom. The molecule has 0 atom stereocenters. The summed E-state index contributed by atoms with van der Waals surface area (Å²) in [7, 11) is 0. The lowest BCUT2D eigenvalue weighted by atomic mass is 10.0. The maximum Gasteiger partial charge on any atom is 0.573 e. The molecule has 7 heteroatoms. The first kappa shape index (κ1) is 14.7. The number of rotatable bonds is 3. The van der Waals surface area contributed by atoms with Gasteiger partial charge in [-0.3, -0.25) is 4.79 Å². The van der Waals surface area contributed by atoms with Gasteiger partial charge in [-0.15, -0.1) is 13.2 Å². The van der Waals surface area contributed by atoms with E-state index in [1.807, 2.05) is 6.07 Å². The average molecular weight is 294 g/mol. The van der Waals surface area contributed by atoms with Crippen LogP contribution in [0.5, 0.6) is 5.75 Å². The van der Waals surface area contributed by atoms with Crippen molar-refractivity contribution >= 4 is 0 Å². The predicted molar refractivity (Wildman–Crippen MR) is 68.5 cm³/mol. The molecule has 0 fully saturated rings. The van der Waals surface area contributed by atoms with Crippen molar-refractivity contribution in [3.8, 4) is 22.9 Å². The second-order valence-electron chi connectivity index (χ2n) is 4.16. The number of H-pyrrole nitrogens is 1. The molecule has 1 N–H and O–H groups in total. The molecule has 108 valence electrons. The van der Waals surface area contributed by atoms with Gasteiger partial charge in [0.1, 0.15) is 5.75 Å². The molecule has 0 unspecified atom stereocenters. The number of nitrogens with zero attached hydrogens (tertiary/aromatic N) is 1. The van der Waals surface area contributed by atoms with Crippen LogP contribution in [-0.4, -0.2) is 11.3 Å². The minimum Gasteiger partial charge on any atom is -0.406 e. The van der Waals surface area contributed by atoms with Gasteiger partial charge in [0, 0.05) is 11.8 Å². The fourth-order valence-electron chi connectivity index (χ4n) is 1.80. The smallest absolute Gasteiger partial charge is 0.406 e. The lowest BCUT2D eigenvalue weighted by Crippen LogP contribution is -2.17. The van der Waals surface area contributed by atoms with Crippen molar-refractivity contribution in [2.75, 3.05) is 0 Å². The zero-order valence-corrected chi connectivity index (χ0v) is 10.6. The van der Waals surface area contributed by atoms with E-state index in [1.165, 1.54) is 24.4 Å². The number of pyridine rings is 1. The van der Waals surface area contributed by atoms with E-state index < -0.39 is 17.7 Å². The van der Waals surface area contributed by atoms with Crippen molar-refractivity contribution < 1.29 is 17.9 Å². The van der Waals surface area contributed by atoms with E-state index in [0.29, 0.717) is 5.56 Å². The number of aromatic nitrogens is 1. The fraction of sp³-hybridized carbons (Fsp3) is 0.143. The Morgan fingerprint density at radius 1 is 1.29 bits per heavy atom. The van der Waals surface area contributed by atoms with Crippen LogP contribution in [0.25, 0.3) is 11.1 Å². The number of aromatic amines is 1. The first-order valence-corrected chi connectivity index (χ1v) is 5.84. The molecule has 2 rings (SSSR count). The van der Waals surface area contributed by atoms with Crippen molar-refractivity contribution in [1.29, 1.82) is 5.26 Å². The van der Waals surface area contributed by atoms with Crippen LogP contribution < -0.4 is 10.3 Å². The summed E-state index contributed by atoms with van der Waals surface area (Å²) in [5.41, 5.74) is 0.559. The molecule has 1 aromatic carbocycles. The van der Waals surface area contributed by atoms with E-state index >= 15 is 0 Å². The Balaban J connectivity index is 2.43. The molecule has 0 bridgehead atoms. The average Bonchev–Trinajstić information content (AvgIpc) is 2.39. The number of nitrogens with one attached hydrogen (secondary N) is 1. The van der Waals surface area contributed by atoms with Gasteiger partial charge in [0.05, 0.1) is 12.5 Å². The van der Waals surface area contributed by atoms with Gasteiger partial charge >= 0.3 is 6.36 Å². The Bertz CT molecular complexity index is 745. The highest BCUT2D eigenvalue weighted by atomic mass is 19.4. The molecule has 4 nitrogen and oxygen atoms in total. The van der Waals surface area contributed by atoms with E-state index in [9.17, 15) is 18.0 Å². The van der Waals surface area contributed by atoms with Crippen molar-refractivity contribution in [3.05, 3.63) is 52.4 Å². The molecule has 0 saturated heterocycles. The quantitative estimate of drug-likeness (QED) is 0.946. The standard InChI is InChI=1S/C14H9F3N2O2/c15-14(16,17)21-11-3-1-2-10(7-11)12-6-9(4-5-18)8-19-13(12)20/h1-3,6-8H,4H2,(H,19,20). The summed E-state index contributed by atoms with van der Waals surface area (Å²) < 4.78 is 40.4. The molecule has 0 saturated carbocycles. The Morgan fingerprint density at radius 2 is 2.05 bits per heavy atom. The van der Waals surface area contributed by atoms with E-state index in [2.05, 4.69) is 9.72 Å². The topological polar surface area (TPSA) is 65.9 Å². The second-order valence-corrected chi connectivity index (χ2v) is 4.16. The lowest BCUT2D eigenvalue weighted by Gasteiger charge is -2.10. The Hall–Kier alpha value is -2.75. The summed E-state index contributed by atoms with van der Waals surface area (Å²) >= 11 is 0. The van der Waals surface area contributed by atoms with Gasteiger partial charge < -0.3 is 9.72 Å². The van der Waals surface area contributed by atoms with E-state index in [-0.39, 0.29) is 17.5 Å². The number of alkyl halides is 3. The third-order valence-corrected chi connectivity index (χ3v) is 2.62. The summed E-state index contributed by atoms with van der Waals surface area (Å²) in [6.45, 7) is 0. The molecule has 1 heterocycles. The van der Waals surface area contributed by atoms with Gasteiger partial charge in [-0.1, -0.05) is 12.1 Å². The molecular formula is C14H9F3N2O2. The number of ether oxygens (including phenoxy) is 1. The van der Waals surface area contributed by atoms with Crippen LogP contribution in [0.2, 0.25) is 0 Å². The van der Waals surface area contributed by atoms with E-state index in [4.69, 9.17) is 5.26 Å². The van der Waals surface area contributed by atoms with Crippen LogP contribution in [0.15, 0.2) is 41.3 Å². The van der Waals surface area contributed by atoms with Gasteiger partial charge in [0.2, 0.25) is 0 Å². The molecular weight excluding hydrogens is 285 g/mol. The summed E-state index contributed by atoms with van der Waals surface area (Å²) in [6, 6.07) is 8.50. The number of hydrogen-bond acceptors (Lipinski definition) is 3. The summed E-state index contributed by atoms with van der Waals surface area (Å²) in [6.07, 6.45) is -3.32. The lowest BCUT2D eigenvalue weighted by molar-refractivity contribution is -0.274. The summed E-state index contributed by atoms with van der Waals surface area (Å²) in [4.78, 5) is 14.2. The van der Waals surface area contributed by atoms with Crippen LogP contribution in [0.3, 0.4) is 0 Å². The fourth-order valence-corrected chi connectivity index (χ4v) is 1.80. The number of nitriles is 1. The molecule has 0 aliphatic rings. The first-order chi connectivity index (χ1) is 9.89. The predicted octanol–water partition coefficient (Wildman–Crippen LogP) is 3.01. The number of hydrogen-bond donors (Lipinski definition) is 1. The van der Waals surface area contributed by atoms with Gasteiger partial charge in [0.15, 0.2) is 0 Å². The highest BCUT2D eigenvalue weighted by molar-refractivity contribution is 5.64. The van der Waals surface area contributed by atoms with Gasteiger partial charge in [-0.2, -0.15) is 5.26 Å². The molecule has 0 radical (unpaired) electrons. The molecule has 0 aliphatic heterocycles. The molecule has 0 spiro atoms. The molecule has 21 heavy (non-hydrogen) atoms. The van der Waals surface area contributed by atoms with Gasteiger partial charge in [-0.05, 0) is 29.3 Å².